The van der Waals surface area contributed by atoms with Crippen LogP contribution in [-0.4, -0.2) is 4.92 Å². The maximum Gasteiger partial charge on any atom is 0.270 e. The first-order valence-corrected chi connectivity index (χ1v) is 5.77. The molecule has 2 aromatic carbocycles. The van der Waals surface area contributed by atoms with Crippen LogP contribution in [0, 0.1) is 27.3 Å². The molecule has 0 aliphatic carbocycles. The molecule has 0 atom stereocenters. The number of anilines is 1. The first kappa shape index (κ1) is 13.5. The number of non-ortho nitro benzene ring substituents is 1. The number of halogens is 1. The minimum atomic E-state index is -0.558. The topological polar surface area (TPSA) is 79.0 Å². The molecule has 20 heavy (non-hydrogen) atoms. The van der Waals surface area contributed by atoms with E-state index in [9.17, 15) is 14.5 Å². The molecule has 0 aliphatic rings. The molecule has 0 spiro atoms. The van der Waals surface area contributed by atoms with Gasteiger partial charge in [0.15, 0.2) is 0 Å². The Hall–Kier alpha value is -2.94. The van der Waals surface area contributed by atoms with Crippen molar-refractivity contribution in [2.75, 3.05) is 5.32 Å². The molecule has 0 radical (unpaired) electrons. The van der Waals surface area contributed by atoms with Crippen LogP contribution in [0.2, 0.25) is 0 Å². The van der Waals surface area contributed by atoms with Crippen molar-refractivity contribution in [1.29, 1.82) is 5.26 Å². The predicted molar refractivity (Wildman–Crippen MR) is 71.5 cm³/mol. The highest BCUT2D eigenvalue weighted by Crippen LogP contribution is 2.22. The fourth-order valence-corrected chi connectivity index (χ4v) is 1.74. The lowest BCUT2D eigenvalue weighted by atomic mass is 10.1. The zero-order valence-corrected chi connectivity index (χ0v) is 10.3. The van der Waals surface area contributed by atoms with Gasteiger partial charge >= 0.3 is 0 Å². The molecule has 5 nitrogen and oxygen atoms in total. The van der Waals surface area contributed by atoms with Gasteiger partial charge in [0.2, 0.25) is 0 Å². The molecule has 1 N–H and O–H groups in total. The monoisotopic (exact) mass is 271 g/mol. The second-order valence-electron chi connectivity index (χ2n) is 4.08. The first-order chi connectivity index (χ1) is 9.60. The average Bonchev–Trinajstić information content (AvgIpc) is 2.45. The molecule has 0 aromatic heterocycles. The van der Waals surface area contributed by atoms with Gasteiger partial charge in [-0.1, -0.05) is 12.1 Å². The number of nitro groups is 1. The molecule has 0 saturated carbocycles. The van der Waals surface area contributed by atoms with Crippen LogP contribution in [-0.2, 0) is 6.54 Å². The van der Waals surface area contributed by atoms with Crippen molar-refractivity contribution in [3.05, 3.63) is 69.5 Å². The Labute approximate surface area is 114 Å². The standard InChI is InChI=1S/C14H10FN3O2/c15-12-3-1-2-10(6-12)9-17-14-5-4-13(18(19)20)7-11(14)8-16/h1-7,17H,9H2. The Morgan fingerprint density at radius 2 is 2.10 bits per heavy atom. The molecular formula is C14H10FN3O2. The van der Waals surface area contributed by atoms with Crippen LogP contribution in [0.15, 0.2) is 42.5 Å². The molecule has 0 bridgehead atoms. The zero-order valence-electron chi connectivity index (χ0n) is 10.3. The number of rotatable bonds is 4. The summed E-state index contributed by atoms with van der Waals surface area (Å²) in [5, 5.41) is 22.6. The van der Waals surface area contributed by atoms with E-state index < -0.39 is 4.92 Å². The number of nitrogens with one attached hydrogen (secondary N) is 1. The molecule has 0 fully saturated rings. The minimum Gasteiger partial charge on any atom is -0.380 e. The molecule has 0 aliphatic heterocycles. The van der Waals surface area contributed by atoms with Crippen LogP contribution in [0.25, 0.3) is 0 Å². The van der Waals surface area contributed by atoms with Crippen LogP contribution in [0.1, 0.15) is 11.1 Å². The second-order valence-corrected chi connectivity index (χ2v) is 4.08. The van der Waals surface area contributed by atoms with Crippen molar-refractivity contribution in [2.24, 2.45) is 0 Å². The van der Waals surface area contributed by atoms with Crippen molar-refractivity contribution in [1.82, 2.24) is 0 Å². The number of benzene rings is 2. The summed E-state index contributed by atoms with van der Waals surface area (Å²) < 4.78 is 13.0. The fraction of sp³-hybridized carbons (Fsp3) is 0.0714. The molecule has 0 unspecified atom stereocenters. The molecule has 0 saturated heterocycles. The summed E-state index contributed by atoms with van der Waals surface area (Å²) in [7, 11) is 0. The van der Waals surface area contributed by atoms with Crippen molar-refractivity contribution in [2.45, 2.75) is 6.54 Å². The molecule has 2 rings (SSSR count). The van der Waals surface area contributed by atoms with E-state index in [1.807, 2.05) is 6.07 Å². The number of hydrogen-bond acceptors (Lipinski definition) is 4. The SMILES string of the molecule is N#Cc1cc([N+](=O)[O-])ccc1NCc1cccc(F)c1. The van der Waals surface area contributed by atoms with Gasteiger partial charge in [-0.2, -0.15) is 5.26 Å². The molecule has 6 heteroatoms. The van der Waals surface area contributed by atoms with Gasteiger partial charge in [-0.05, 0) is 23.8 Å². The van der Waals surface area contributed by atoms with E-state index >= 15 is 0 Å². The Bertz CT molecular complexity index is 695. The van der Waals surface area contributed by atoms with Gasteiger partial charge in [0.05, 0.1) is 16.2 Å². The van der Waals surface area contributed by atoms with E-state index in [4.69, 9.17) is 5.26 Å². The van der Waals surface area contributed by atoms with Crippen molar-refractivity contribution < 1.29 is 9.31 Å². The lowest BCUT2D eigenvalue weighted by Gasteiger charge is -2.08. The Balaban J connectivity index is 2.18. The maximum absolute atomic E-state index is 13.0. The smallest absolute Gasteiger partial charge is 0.270 e. The highest BCUT2D eigenvalue weighted by Gasteiger charge is 2.10. The quantitative estimate of drug-likeness (QED) is 0.684. The third-order valence-electron chi connectivity index (χ3n) is 2.71. The summed E-state index contributed by atoms with van der Waals surface area (Å²) in [5.41, 5.74) is 1.23. The third-order valence-corrected chi connectivity index (χ3v) is 2.71. The van der Waals surface area contributed by atoms with Crippen LogP contribution in [0.4, 0.5) is 15.8 Å². The third kappa shape index (κ3) is 3.09. The Morgan fingerprint density at radius 1 is 1.30 bits per heavy atom. The van der Waals surface area contributed by atoms with E-state index in [0.717, 1.165) is 0 Å². The van der Waals surface area contributed by atoms with E-state index in [1.54, 1.807) is 12.1 Å². The molecule has 0 heterocycles. The normalized spacial score (nSPS) is 9.80. The van der Waals surface area contributed by atoms with E-state index in [0.29, 0.717) is 17.8 Å². The van der Waals surface area contributed by atoms with Gasteiger partial charge in [0.25, 0.3) is 5.69 Å². The summed E-state index contributed by atoms with van der Waals surface area (Å²) in [6.45, 7) is 0.324. The van der Waals surface area contributed by atoms with E-state index in [1.165, 1.54) is 30.3 Å². The van der Waals surface area contributed by atoms with Gasteiger partial charge in [0, 0.05) is 18.7 Å². The zero-order chi connectivity index (χ0) is 14.5. The van der Waals surface area contributed by atoms with Crippen molar-refractivity contribution >= 4 is 11.4 Å². The lowest BCUT2D eigenvalue weighted by Crippen LogP contribution is -2.02. The largest absolute Gasteiger partial charge is 0.380 e. The average molecular weight is 271 g/mol. The fourth-order valence-electron chi connectivity index (χ4n) is 1.74. The molecule has 100 valence electrons. The van der Waals surface area contributed by atoms with Crippen LogP contribution in [0.5, 0.6) is 0 Å². The van der Waals surface area contributed by atoms with Crippen LogP contribution >= 0.6 is 0 Å². The number of nitro benzene ring substituents is 1. The molecule has 0 amide bonds. The van der Waals surface area contributed by atoms with Gasteiger partial charge in [-0.15, -0.1) is 0 Å². The molecular weight excluding hydrogens is 261 g/mol. The van der Waals surface area contributed by atoms with Crippen LogP contribution in [0.3, 0.4) is 0 Å². The van der Waals surface area contributed by atoms with Gasteiger partial charge in [0.1, 0.15) is 11.9 Å². The van der Waals surface area contributed by atoms with Gasteiger partial charge in [-0.25, -0.2) is 4.39 Å². The Morgan fingerprint density at radius 3 is 2.75 bits per heavy atom. The predicted octanol–water partition coefficient (Wildman–Crippen LogP) is 3.22. The van der Waals surface area contributed by atoms with Crippen molar-refractivity contribution in [3.8, 4) is 6.07 Å². The maximum atomic E-state index is 13.0. The number of nitrogens with zero attached hydrogens (tertiary/aromatic N) is 2. The van der Waals surface area contributed by atoms with Crippen LogP contribution < -0.4 is 5.32 Å². The Kier molecular flexibility index (Phi) is 3.91. The summed E-state index contributed by atoms with van der Waals surface area (Å²) >= 11 is 0. The minimum absolute atomic E-state index is 0.141. The van der Waals surface area contributed by atoms with Crippen molar-refractivity contribution in [3.63, 3.8) is 0 Å². The highest BCUT2D eigenvalue weighted by molar-refractivity contribution is 5.61. The summed E-state index contributed by atoms with van der Waals surface area (Å²) in [4.78, 5) is 10.1. The first-order valence-electron chi connectivity index (χ1n) is 5.77. The number of nitriles is 1. The van der Waals surface area contributed by atoms with Gasteiger partial charge in [-0.3, -0.25) is 10.1 Å². The summed E-state index contributed by atoms with van der Waals surface area (Å²) in [5.74, 6) is -0.339. The summed E-state index contributed by atoms with van der Waals surface area (Å²) in [6, 6.07) is 11.9. The van der Waals surface area contributed by atoms with E-state index in [2.05, 4.69) is 5.32 Å². The van der Waals surface area contributed by atoms with E-state index in [-0.39, 0.29) is 17.1 Å². The highest BCUT2D eigenvalue weighted by atomic mass is 19.1. The lowest BCUT2D eigenvalue weighted by molar-refractivity contribution is -0.384. The summed E-state index contributed by atoms with van der Waals surface area (Å²) in [6.07, 6.45) is 0. The second kappa shape index (κ2) is 5.80. The van der Waals surface area contributed by atoms with Gasteiger partial charge < -0.3 is 5.32 Å². The molecule has 2 aromatic rings. The number of hydrogen-bond donors (Lipinski definition) is 1.